The Labute approximate surface area is 163 Å². The van der Waals surface area contributed by atoms with E-state index in [2.05, 4.69) is 20.2 Å². The smallest absolute Gasteiger partial charge is 0.438 e. The lowest BCUT2D eigenvalue weighted by Crippen LogP contribution is -2.19. The van der Waals surface area contributed by atoms with Gasteiger partial charge in [0.2, 0.25) is 5.88 Å². The van der Waals surface area contributed by atoms with Gasteiger partial charge < -0.3 is 9.47 Å². The third kappa shape index (κ3) is 6.06. The molecule has 0 saturated carbocycles. The van der Waals surface area contributed by atoms with Gasteiger partial charge in [0.25, 0.3) is 5.91 Å². The Morgan fingerprint density at radius 2 is 1.76 bits per heavy atom. The SMILES string of the molecule is O=C(N/N=C/c1cccc(OC(F)(F)F)c1)c1cccnc1Oc1ccccc1. The normalized spacial score (nSPS) is 11.3. The summed E-state index contributed by atoms with van der Waals surface area (Å²) >= 11 is 0. The van der Waals surface area contributed by atoms with E-state index in [0.717, 1.165) is 12.1 Å². The van der Waals surface area contributed by atoms with Crippen LogP contribution in [0.25, 0.3) is 0 Å². The van der Waals surface area contributed by atoms with Crippen molar-refractivity contribution in [2.45, 2.75) is 6.36 Å². The molecule has 29 heavy (non-hydrogen) atoms. The minimum absolute atomic E-state index is 0.0898. The lowest BCUT2D eigenvalue weighted by atomic mass is 10.2. The molecule has 0 aliphatic carbocycles. The molecule has 3 aromatic rings. The zero-order chi connectivity index (χ0) is 20.7. The first-order valence-corrected chi connectivity index (χ1v) is 8.28. The van der Waals surface area contributed by atoms with Crippen molar-refractivity contribution in [3.8, 4) is 17.4 Å². The number of aromatic nitrogens is 1. The van der Waals surface area contributed by atoms with Gasteiger partial charge in [0.15, 0.2) is 0 Å². The van der Waals surface area contributed by atoms with Gasteiger partial charge in [-0.15, -0.1) is 13.2 Å². The fourth-order valence-corrected chi connectivity index (χ4v) is 2.26. The average molecular weight is 401 g/mol. The summed E-state index contributed by atoms with van der Waals surface area (Å²) in [7, 11) is 0. The molecule has 1 aromatic heterocycles. The van der Waals surface area contributed by atoms with Crippen molar-refractivity contribution < 1.29 is 27.4 Å². The highest BCUT2D eigenvalue weighted by molar-refractivity contribution is 5.97. The maximum Gasteiger partial charge on any atom is 0.573 e. The van der Waals surface area contributed by atoms with Crippen LogP contribution in [0.4, 0.5) is 13.2 Å². The highest BCUT2D eigenvalue weighted by Gasteiger charge is 2.31. The maximum absolute atomic E-state index is 12.4. The van der Waals surface area contributed by atoms with Crippen LogP contribution < -0.4 is 14.9 Å². The predicted octanol–water partition coefficient (Wildman–Crippen LogP) is 4.54. The maximum atomic E-state index is 12.4. The Morgan fingerprint density at radius 3 is 2.52 bits per heavy atom. The van der Waals surface area contributed by atoms with Crippen molar-refractivity contribution in [3.63, 3.8) is 0 Å². The number of hydrogen-bond acceptors (Lipinski definition) is 5. The summed E-state index contributed by atoms with van der Waals surface area (Å²) in [6, 6.07) is 17.0. The van der Waals surface area contributed by atoms with E-state index in [1.807, 2.05) is 6.07 Å². The van der Waals surface area contributed by atoms with E-state index in [-0.39, 0.29) is 11.4 Å². The number of rotatable bonds is 6. The van der Waals surface area contributed by atoms with Crippen molar-refractivity contribution in [2.24, 2.45) is 5.10 Å². The molecular formula is C20H14F3N3O3. The second kappa shape index (κ2) is 8.87. The molecule has 0 aliphatic rings. The third-order valence-corrected chi connectivity index (χ3v) is 3.44. The molecule has 6 nitrogen and oxygen atoms in total. The van der Waals surface area contributed by atoms with Gasteiger partial charge in [-0.2, -0.15) is 5.10 Å². The van der Waals surface area contributed by atoms with Gasteiger partial charge in [-0.1, -0.05) is 30.3 Å². The summed E-state index contributed by atoms with van der Waals surface area (Å²) < 4.78 is 46.3. The highest BCUT2D eigenvalue weighted by Crippen LogP contribution is 2.23. The molecule has 1 N–H and O–H groups in total. The molecule has 0 spiro atoms. The highest BCUT2D eigenvalue weighted by atomic mass is 19.4. The van der Waals surface area contributed by atoms with Crippen molar-refractivity contribution in [2.75, 3.05) is 0 Å². The van der Waals surface area contributed by atoms with E-state index >= 15 is 0 Å². The van der Waals surface area contributed by atoms with Crippen molar-refractivity contribution >= 4 is 12.1 Å². The Balaban J connectivity index is 1.68. The van der Waals surface area contributed by atoms with Crippen LogP contribution in [0, 0.1) is 0 Å². The van der Waals surface area contributed by atoms with E-state index in [1.54, 1.807) is 30.3 Å². The number of carbonyl (C=O) groups is 1. The first-order valence-electron chi connectivity index (χ1n) is 8.28. The van der Waals surface area contributed by atoms with Gasteiger partial charge in [-0.05, 0) is 42.0 Å². The number of amides is 1. The van der Waals surface area contributed by atoms with E-state index < -0.39 is 18.0 Å². The van der Waals surface area contributed by atoms with Gasteiger partial charge in [-0.25, -0.2) is 10.4 Å². The fourth-order valence-electron chi connectivity index (χ4n) is 2.26. The number of para-hydroxylation sites is 1. The summed E-state index contributed by atoms with van der Waals surface area (Å²) in [5.41, 5.74) is 2.73. The molecule has 2 aromatic carbocycles. The van der Waals surface area contributed by atoms with E-state index in [4.69, 9.17) is 4.74 Å². The first-order chi connectivity index (χ1) is 13.9. The van der Waals surface area contributed by atoms with Gasteiger partial charge in [0.05, 0.1) is 6.21 Å². The summed E-state index contributed by atoms with van der Waals surface area (Å²) in [4.78, 5) is 16.4. The molecule has 0 radical (unpaired) electrons. The number of pyridine rings is 1. The van der Waals surface area contributed by atoms with Gasteiger partial charge in [0.1, 0.15) is 17.1 Å². The van der Waals surface area contributed by atoms with E-state index in [0.29, 0.717) is 11.3 Å². The molecule has 0 unspecified atom stereocenters. The Kier molecular flexibility index (Phi) is 6.08. The van der Waals surface area contributed by atoms with Crippen molar-refractivity contribution in [1.29, 1.82) is 0 Å². The lowest BCUT2D eigenvalue weighted by molar-refractivity contribution is -0.274. The summed E-state index contributed by atoms with van der Waals surface area (Å²) in [5.74, 6) is -0.390. The van der Waals surface area contributed by atoms with E-state index in [1.165, 1.54) is 30.6 Å². The zero-order valence-corrected chi connectivity index (χ0v) is 14.8. The number of alkyl halides is 3. The number of hydrogen-bond donors (Lipinski definition) is 1. The van der Waals surface area contributed by atoms with Crippen LogP contribution in [0.1, 0.15) is 15.9 Å². The minimum Gasteiger partial charge on any atom is -0.438 e. The standard InChI is InChI=1S/C20H14F3N3O3/c21-20(22,23)29-16-9-4-6-14(12-16)13-25-26-18(27)17-10-5-11-24-19(17)28-15-7-2-1-3-8-15/h1-13H,(H,26,27)/b25-13+. The van der Waals surface area contributed by atoms with Crippen LogP contribution in [0.5, 0.6) is 17.4 Å². The molecule has 0 bridgehead atoms. The van der Waals surface area contributed by atoms with Crippen molar-refractivity contribution in [3.05, 3.63) is 84.1 Å². The van der Waals surface area contributed by atoms with Gasteiger partial charge in [-0.3, -0.25) is 4.79 Å². The van der Waals surface area contributed by atoms with Crippen LogP contribution in [0.15, 0.2) is 78.0 Å². The largest absolute Gasteiger partial charge is 0.573 e. The van der Waals surface area contributed by atoms with Crippen LogP contribution in [0.2, 0.25) is 0 Å². The second-order valence-electron chi connectivity index (χ2n) is 5.59. The molecule has 148 valence electrons. The van der Waals surface area contributed by atoms with Crippen LogP contribution >= 0.6 is 0 Å². The predicted molar refractivity (Wildman–Crippen MR) is 98.9 cm³/mol. The number of carbonyl (C=O) groups excluding carboxylic acids is 1. The van der Waals surface area contributed by atoms with E-state index in [9.17, 15) is 18.0 Å². The Morgan fingerprint density at radius 1 is 1.00 bits per heavy atom. The quantitative estimate of drug-likeness (QED) is 0.486. The lowest BCUT2D eigenvalue weighted by Gasteiger charge is -2.09. The first kappa shape index (κ1) is 19.9. The van der Waals surface area contributed by atoms with Crippen LogP contribution in [0.3, 0.4) is 0 Å². The summed E-state index contributed by atoms with van der Waals surface area (Å²) in [6.07, 6.45) is -2.13. The second-order valence-corrected chi connectivity index (χ2v) is 5.59. The molecular weight excluding hydrogens is 387 g/mol. The number of ether oxygens (including phenoxy) is 2. The number of nitrogens with zero attached hydrogens (tertiary/aromatic N) is 2. The number of nitrogens with one attached hydrogen (secondary N) is 1. The number of hydrazone groups is 1. The monoisotopic (exact) mass is 401 g/mol. The Bertz CT molecular complexity index is 1010. The van der Waals surface area contributed by atoms with Crippen LogP contribution in [-0.4, -0.2) is 23.5 Å². The zero-order valence-electron chi connectivity index (χ0n) is 14.8. The topological polar surface area (TPSA) is 72.8 Å². The molecule has 1 amide bonds. The molecule has 0 atom stereocenters. The fraction of sp³-hybridized carbons (Fsp3) is 0.0500. The molecule has 0 aliphatic heterocycles. The summed E-state index contributed by atoms with van der Waals surface area (Å²) in [6.45, 7) is 0. The molecule has 0 fully saturated rings. The van der Waals surface area contributed by atoms with Gasteiger partial charge in [0, 0.05) is 6.20 Å². The molecule has 1 heterocycles. The number of halogens is 3. The van der Waals surface area contributed by atoms with Crippen LogP contribution in [-0.2, 0) is 0 Å². The van der Waals surface area contributed by atoms with Gasteiger partial charge >= 0.3 is 6.36 Å². The molecule has 9 heteroatoms. The molecule has 0 saturated heterocycles. The third-order valence-electron chi connectivity index (χ3n) is 3.44. The average Bonchev–Trinajstić information content (AvgIpc) is 2.68. The summed E-state index contributed by atoms with van der Waals surface area (Å²) in [5, 5.41) is 3.76. The van der Waals surface area contributed by atoms with Crippen molar-refractivity contribution in [1.82, 2.24) is 10.4 Å². The number of benzene rings is 2. The Hall–Kier alpha value is -3.88. The molecule has 3 rings (SSSR count). The minimum atomic E-state index is -4.79.